The molecule has 9 nitrogen and oxygen atoms in total. The summed E-state index contributed by atoms with van der Waals surface area (Å²) in [6.45, 7) is 0. The molecule has 11 heteroatoms. The maximum Gasteiger partial charge on any atom is 0.250 e. The monoisotopic (exact) mass is 597 g/mol. The van der Waals surface area contributed by atoms with Crippen molar-refractivity contribution in [1.82, 2.24) is 15.0 Å². The standard InChI is InChI=1S/C24H21Br2N7O2/c1-34-19-10-8-18(9-11-19)29-23-30-22(28-17-6-4-3-5-7-17)31-24(32-23)33-27-14-15-12-16(25)13-20(26)21(15)35-2/h3-14H,1-2H3,(H3,28,29,30,31,32,33)/b27-14+. The Morgan fingerprint density at radius 1 is 0.771 bits per heavy atom. The average molecular weight is 599 g/mol. The Kier molecular flexibility index (Phi) is 8.11. The molecule has 178 valence electrons. The van der Waals surface area contributed by atoms with Crippen molar-refractivity contribution in [2.24, 2.45) is 5.10 Å². The molecule has 4 aromatic rings. The van der Waals surface area contributed by atoms with Gasteiger partial charge in [-0.1, -0.05) is 34.1 Å². The van der Waals surface area contributed by atoms with Crippen molar-refractivity contribution in [3.8, 4) is 11.5 Å². The molecule has 0 bridgehead atoms. The number of hydrogen-bond donors (Lipinski definition) is 3. The predicted molar refractivity (Wildman–Crippen MR) is 145 cm³/mol. The van der Waals surface area contributed by atoms with Gasteiger partial charge in [0.2, 0.25) is 17.8 Å². The van der Waals surface area contributed by atoms with Gasteiger partial charge in [-0.3, -0.25) is 0 Å². The van der Waals surface area contributed by atoms with Crippen LogP contribution in [0, 0.1) is 0 Å². The summed E-state index contributed by atoms with van der Waals surface area (Å²) in [6, 6.07) is 20.8. The van der Waals surface area contributed by atoms with Crippen LogP contribution in [-0.4, -0.2) is 35.4 Å². The highest BCUT2D eigenvalue weighted by atomic mass is 79.9. The van der Waals surface area contributed by atoms with E-state index in [2.05, 4.69) is 68.0 Å². The summed E-state index contributed by atoms with van der Waals surface area (Å²) in [5.41, 5.74) is 5.27. The van der Waals surface area contributed by atoms with Crippen LogP contribution in [0.5, 0.6) is 11.5 Å². The molecule has 3 N–H and O–H groups in total. The first-order chi connectivity index (χ1) is 17.0. The second-order valence-corrected chi connectivity index (χ2v) is 8.80. The lowest BCUT2D eigenvalue weighted by Gasteiger charge is -2.11. The molecule has 4 rings (SSSR count). The Morgan fingerprint density at radius 3 is 2.03 bits per heavy atom. The quantitative estimate of drug-likeness (QED) is 0.151. The predicted octanol–water partition coefficient (Wildman–Crippen LogP) is 6.35. The molecule has 1 heterocycles. The van der Waals surface area contributed by atoms with Gasteiger partial charge in [-0.15, -0.1) is 0 Å². The Hall–Kier alpha value is -3.70. The zero-order chi connectivity index (χ0) is 24.6. The van der Waals surface area contributed by atoms with E-state index in [1.165, 1.54) is 0 Å². The summed E-state index contributed by atoms with van der Waals surface area (Å²) >= 11 is 6.97. The number of anilines is 5. The van der Waals surface area contributed by atoms with Crippen molar-refractivity contribution < 1.29 is 9.47 Å². The Bertz CT molecular complexity index is 1320. The third-order valence-electron chi connectivity index (χ3n) is 4.62. The molecular weight excluding hydrogens is 578 g/mol. The number of ether oxygens (including phenoxy) is 2. The van der Waals surface area contributed by atoms with E-state index >= 15 is 0 Å². The molecule has 0 fully saturated rings. The van der Waals surface area contributed by atoms with Crippen LogP contribution in [0.4, 0.5) is 29.2 Å². The van der Waals surface area contributed by atoms with Crippen LogP contribution >= 0.6 is 31.9 Å². The second kappa shape index (κ2) is 11.6. The van der Waals surface area contributed by atoms with Crippen molar-refractivity contribution >= 4 is 67.3 Å². The number of methoxy groups -OCH3 is 2. The second-order valence-electron chi connectivity index (χ2n) is 7.03. The van der Waals surface area contributed by atoms with Crippen LogP contribution in [0.25, 0.3) is 0 Å². The van der Waals surface area contributed by atoms with Gasteiger partial charge in [0.05, 0.1) is 24.9 Å². The van der Waals surface area contributed by atoms with Gasteiger partial charge in [0.15, 0.2) is 0 Å². The average Bonchev–Trinajstić information content (AvgIpc) is 2.85. The molecule has 1 aromatic heterocycles. The molecular formula is C24H21Br2N7O2. The summed E-state index contributed by atoms with van der Waals surface area (Å²) in [7, 11) is 3.22. The highest BCUT2D eigenvalue weighted by Gasteiger charge is 2.10. The zero-order valence-electron chi connectivity index (χ0n) is 18.8. The summed E-state index contributed by atoms with van der Waals surface area (Å²) in [6.07, 6.45) is 1.62. The molecule has 0 saturated heterocycles. The van der Waals surface area contributed by atoms with E-state index in [-0.39, 0.29) is 5.95 Å². The Labute approximate surface area is 219 Å². The Morgan fingerprint density at radius 2 is 1.40 bits per heavy atom. The van der Waals surface area contributed by atoms with Crippen molar-refractivity contribution in [3.63, 3.8) is 0 Å². The molecule has 0 spiro atoms. The number of benzene rings is 3. The van der Waals surface area contributed by atoms with Gasteiger partial charge in [-0.05, 0) is 64.5 Å². The topological polar surface area (TPSA) is 106 Å². The van der Waals surface area contributed by atoms with Gasteiger partial charge in [-0.25, -0.2) is 5.43 Å². The minimum atomic E-state index is 0.249. The lowest BCUT2D eigenvalue weighted by atomic mass is 10.2. The van der Waals surface area contributed by atoms with E-state index in [1.54, 1.807) is 20.4 Å². The first kappa shape index (κ1) is 24.4. The van der Waals surface area contributed by atoms with Gasteiger partial charge in [0, 0.05) is 21.4 Å². The smallest absolute Gasteiger partial charge is 0.250 e. The highest BCUT2D eigenvalue weighted by Crippen LogP contribution is 2.31. The summed E-state index contributed by atoms with van der Waals surface area (Å²) < 4.78 is 12.4. The van der Waals surface area contributed by atoms with Gasteiger partial charge >= 0.3 is 0 Å². The number of hydrazone groups is 1. The van der Waals surface area contributed by atoms with E-state index in [0.29, 0.717) is 17.6 Å². The third kappa shape index (κ3) is 6.67. The summed E-state index contributed by atoms with van der Waals surface area (Å²) in [5, 5.41) is 10.7. The van der Waals surface area contributed by atoms with Gasteiger partial charge in [0.25, 0.3) is 0 Å². The maximum atomic E-state index is 5.46. The van der Waals surface area contributed by atoms with E-state index in [1.807, 2.05) is 66.7 Å². The lowest BCUT2D eigenvalue weighted by Crippen LogP contribution is -2.07. The molecule has 0 atom stereocenters. The van der Waals surface area contributed by atoms with Crippen LogP contribution in [0.3, 0.4) is 0 Å². The van der Waals surface area contributed by atoms with E-state index in [4.69, 9.17) is 9.47 Å². The first-order valence-corrected chi connectivity index (χ1v) is 11.9. The van der Waals surface area contributed by atoms with Crippen LogP contribution in [0.2, 0.25) is 0 Å². The van der Waals surface area contributed by atoms with E-state index in [0.717, 1.165) is 31.6 Å². The molecule has 0 aliphatic rings. The van der Waals surface area contributed by atoms with Crippen molar-refractivity contribution in [1.29, 1.82) is 0 Å². The van der Waals surface area contributed by atoms with Gasteiger partial charge in [-0.2, -0.15) is 20.1 Å². The number of nitrogens with one attached hydrogen (secondary N) is 3. The highest BCUT2D eigenvalue weighted by molar-refractivity contribution is 9.11. The summed E-state index contributed by atoms with van der Waals surface area (Å²) in [4.78, 5) is 13.4. The molecule has 0 radical (unpaired) electrons. The molecule has 0 amide bonds. The van der Waals surface area contributed by atoms with E-state index < -0.39 is 0 Å². The molecule has 0 saturated carbocycles. The number of nitrogens with zero attached hydrogens (tertiary/aromatic N) is 4. The number of hydrogen-bond acceptors (Lipinski definition) is 9. The molecule has 0 aliphatic heterocycles. The van der Waals surface area contributed by atoms with Crippen LogP contribution in [0.15, 0.2) is 80.8 Å². The third-order valence-corrected chi connectivity index (χ3v) is 5.67. The minimum absolute atomic E-state index is 0.249. The fourth-order valence-electron chi connectivity index (χ4n) is 3.04. The number of aromatic nitrogens is 3. The van der Waals surface area contributed by atoms with Crippen LogP contribution in [-0.2, 0) is 0 Å². The fraction of sp³-hybridized carbons (Fsp3) is 0.0833. The molecule has 0 aliphatic carbocycles. The molecule has 3 aromatic carbocycles. The number of halogens is 2. The fourth-order valence-corrected chi connectivity index (χ4v) is 4.46. The summed E-state index contributed by atoms with van der Waals surface area (Å²) in [5.74, 6) is 2.34. The van der Waals surface area contributed by atoms with Crippen molar-refractivity contribution in [2.75, 3.05) is 30.3 Å². The van der Waals surface area contributed by atoms with Gasteiger partial charge in [0.1, 0.15) is 11.5 Å². The maximum absolute atomic E-state index is 5.46. The molecule has 35 heavy (non-hydrogen) atoms. The van der Waals surface area contributed by atoms with E-state index in [9.17, 15) is 0 Å². The largest absolute Gasteiger partial charge is 0.497 e. The van der Waals surface area contributed by atoms with Crippen LogP contribution in [0.1, 0.15) is 5.56 Å². The van der Waals surface area contributed by atoms with Crippen LogP contribution < -0.4 is 25.5 Å². The van der Waals surface area contributed by atoms with Gasteiger partial charge < -0.3 is 20.1 Å². The SMILES string of the molecule is COc1ccc(Nc2nc(N/N=C/c3cc(Br)cc(Br)c3OC)nc(Nc3ccccc3)n2)cc1. The number of rotatable bonds is 9. The Balaban J connectivity index is 1.60. The van der Waals surface area contributed by atoms with Crippen molar-refractivity contribution in [2.45, 2.75) is 0 Å². The normalized spacial score (nSPS) is 10.7. The number of para-hydroxylation sites is 1. The zero-order valence-corrected chi connectivity index (χ0v) is 22.0. The minimum Gasteiger partial charge on any atom is -0.497 e. The first-order valence-electron chi connectivity index (χ1n) is 10.4. The molecule has 0 unspecified atom stereocenters. The lowest BCUT2D eigenvalue weighted by molar-refractivity contribution is 0.411. The van der Waals surface area contributed by atoms with Crippen molar-refractivity contribution in [3.05, 3.63) is 81.2 Å².